The summed E-state index contributed by atoms with van der Waals surface area (Å²) in [6.45, 7) is 2.32. The van der Waals surface area contributed by atoms with Crippen molar-refractivity contribution in [1.82, 2.24) is 10.2 Å². The lowest BCUT2D eigenvalue weighted by molar-refractivity contribution is -0.134. The minimum absolute atomic E-state index is 0.0212. The van der Waals surface area contributed by atoms with Gasteiger partial charge in [-0.1, -0.05) is 59.6 Å². The quantitative estimate of drug-likeness (QED) is 0.798. The number of rotatable bonds is 7. The molecule has 0 heterocycles. The van der Waals surface area contributed by atoms with Gasteiger partial charge in [-0.15, -0.1) is 0 Å². The summed E-state index contributed by atoms with van der Waals surface area (Å²) < 4.78 is 0. The van der Waals surface area contributed by atoms with E-state index in [9.17, 15) is 9.59 Å². The highest BCUT2D eigenvalue weighted by molar-refractivity contribution is 6.35. The van der Waals surface area contributed by atoms with Crippen molar-refractivity contribution in [3.05, 3.63) is 69.7 Å². The van der Waals surface area contributed by atoms with Crippen LogP contribution in [0.1, 0.15) is 18.1 Å². The molecule has 2 aromatic carbocycles. The van der Waals surface area contributed by atoms with E-state index in [1.54, 1.807) is 12.1 Å². The zero-order valence-corrected chi connectivity index (χ0v) is 15.5. The van der Waals surface area contributed by atoms with Crippen molar-refractivity contribution in [1.29, 1.82) is 0 Å². The Labute approximate surface area is 157 Å². The van der Waals surface area contributed by atoms with Crippen LogP contribution in [0.5, 0.6) is 0 Å². The molecule has 0 aliphatic carbocycles. The van der Waals surface area contributed by atoms with Gasteiger partial charge in [0.15, 0.2) is 0 Å². The second kappa shape index (κ2) is 9.44. The van der Waals surface area contributed by atoms with Crippen LogP contribution < -0.4 is 5.32 Å². The molecular formula is C19H20Cl2N2O2. The highest BCUT2D eigenvalue weighted by atomic mass is 35.5. The molecule has 0 aliphatic heterocycles. The number of hydrogen-bond acceptors (Lipinski definition) is 2. The molecule has 132 valence electrons. The van der Waals surface area contributed by atoms with Crippen LogP contribution in [0.4, 0.5) is 0 Å². The molecule has 0 radical (unpaired) electrons. The molecule has 0 spiro atoms. The van der Waals surface area contributed by atoms with Crippen molar-refractivity contribution in [3.8, 4) is 0 Å². The zero-order valence-electron chi connectivity index (χ0n) is 14.0. The third-order valence-corrected chi connectivity index (χ3v) is 4.37. The number of carbonyl (C=O) groups is 2. The van der Waals surface area contributed by atoms with Crippen LogP contribution in [0.25, 0.3) is 0 Å². The summed E-state index contributed by atoms with van der Waals surface area (Å²) in [5.41, 5.74) is 1.90. The molecule has 0 unspecified atom stereocenters. The molecular weight excluding hydrogens is 359 g/mol. The normalized spacial score (nSPS) is 10.4. The standard InChI is InChI=1S/C19H20Cl2N2O2/c1-14(24)23(10-9-16-7-8-17(20)11-18(16)21)13-19(25)22-12-15-5-3-2-4-6-15/h2-8,11H,9-10,12-13H2,1H3,(H,22,25). The first-order valence-corrected chi connectivity index (χ1v) is 8.71. The monoisotopic (exact) mass is 378 g/mol. The van der Waals surface area contributed by atoms with E-state index in [0.29, 0.717) is 29.6 Å². The summed E-state index contributed by atoms with van der Waals surface area (Å²) in [6, 6.07) is 14.9. The van der Waals surface area contributed by atoms with Gasteiger partial charge in [-0.2, -0.15) is 0 Å². The van der Waals surface area contributed by atoms with Crippen molar-refractivity contribution in [2.75, 3.05) is 13.1 Å². The summed E-state index contributed by atoms with van der Waals surface area (Å²) in [5, 5.41) is 3.95. The third kappa shape index (κ3) is 6.40. The van der Waals surface area contributed by atoms with Gasteiger partial charge in [0.2, 0.25) is 11.8 Å². The number of carbonyl (C=O) groups excluding carboxylic acids is 2. The van der Waals surface area contributed by atoms with Gasteiger partial charge >= 0.3 is 0 Å². The first kappa shape index (κ1) is 19.3. The average molecular weight is 379 g/mol. The molecule has 25 heavy (non-hydrogen) atoms. The summed E-state index contributed by atoms with van der Waals surface area (Å²) >= 11 is 12.0. The lowest BCUT2D eigenvalue weighted by atomic mass is 10.1. The van der Waals surface area contributed by atoms with Crippen molar-refractivity contribution >= 4 is 35.0 Å². The van der Waals surface area contributed by atoms with Gasteiger partial charge < -0.3 is 10.2 Å². The number of nitrogens with zero attached hydrogens (tertiary/aromatic N) is 1. The van der Waals surface area contributed by atoms with Crippen molar-refractivity contribution in [3.63, 3.8) is 0 Å². The Morgan fingerprint density at radius 2 is 1.80 bits per heavy atom. The van der Waals surface area contributed by atoms with Gasteiger partial charge in [0, 0.05) is 30.1 Å². The fourth-order valence-electron chi connectivity index (χ4n) is 2.35. The van der Waals surface area contributed by atoms with Crippen LogP contribution in [0.2, 0.25) is 10.0 Å². The summed E-state index contributed by atoms with van der Waals surface area (Å²) in [6.07, 6.45) is 0.557. The smallest absolute Gasteiger partial charge is 0.239 e. The van der Waals surface area contributed by atoms with E-state index in [4.69, 9.17) is 23.2 Å². The second-order valence-electron chi connectivity index (χ2n) is 5.69. The van der Waals surface area contributed by atoms with Crippen molar-refractivity contribution in [2.24, 2.45) is 0 Å². The topological polar surface area (TPSA) is 49.4 Å². The highest BCUT2D eigenvalue weighted by Gasteiger charge is 2.14. The molecule has 0 saturated carbocycles. The minimum Gasteiger partial charge on any atom is -0.350 e. The van der Waals surface area contributed by atoms with E-state index in [0.717, 1.165) is 11.1 Å². The molecule has 0 saturated heterocycles. The van der Waals surface area contributed by atoms with Crippen LogP contribution >= 0.6 is 23.2 Å². The molecule has 2 aromatic rings. The first-order valence-electron chi connectivity index (χ1n) is 7.96. The van der Waals surface area contributed by atoms with Crippen LogP contribution in [0.15, 0.2) is 48.5 Å². The van der Waals surface area contributed by atoms with E-state index in [2.05, 4.69) is 5.32 Å². The number of halogens is 2. The molecule has 0 aliphatic rings. The maximum atomic E-state index is 12.1. The molecule has 4 nitrogen and oxygen atoms in total. The lowest BCUT2D eigenvalue weighted by Crippen LogP contribution is -2.40. The van der Waals surface area contributed by atoms with Crippen LogP contribution in [-0.4, -0.2) is 29.8 Å². The molecule has 0 bridgehead atoms. The Morgan fingerprint density at radius 1 is 1.08 bits per heavy atom. The summed E-state index contributed by atoms with van der Waals surface area (Å²) in [4.78, 5) is 25.4. The average Bonchev–Trinajstić information content (AvgIpc) is 2.58. The minimum atomic E-state index is -0.193. The molecule has 2 rings (SSSR count). The van der Waals surface area contributed by atoms with E-state index in [-0.39, 0.29) is 18.4 Å². The van der Waals surface area contributed by atoms with Crippen molar-refractivity contribution in [2.45, 2.75) is 19.9 Å². The first-order chi connectivity index (χ1) is 12.0. The van der Waals surface area contributed by atoms with Crippen molar-refractivity contribution < 1.29 is 9.59 Å². The van der Waals surface area contributed by atoms with Gasteiger partial charge in [0.05, 0.1) is 6.54 Å². The second-order valence-corrected chi connectivity index (χ2v) is 6.53. The Bertz CT molecular complexity index is 735. The Kier molecular flexibility index (Phi) is 7.29. The van der Waals surface area contributed by atoms with Gasteiger partial charge in [-0.3, -0.25) is 9.59 Å². The molecule has 0 atom stereocenters. The van der Waals surface area contributed by atoms with E-state index in [1.165, 1.54) is 11.8 Å². The van der Waals surface area contributed by atoms with E-state index < -0.39 is 0 Å². The lowest BCUT2D eigenvalue weighted by Gasteiger charge is -2.21. The molecule has 1 N–H and O–H groups in total. The van der Waals surface area contributed by atoms with Gasteiger partial charge in [-0.25, -0.2) is 0 Å². The number of hydrogen-bond donors (Lipinski definition) is 1. The Hall–Kier alpha value is -2.04. The van der Waals surface area contributed by atoms with Gasteiger partial charge in [0.1, 0.15) is 0 Å². The van der Waals surface area contributed by atoms with Gasteiger partial charge in [-0.05, 0) is 29.7 Å². The largest absolute Gasteiger partial charge is 0.350 e. The molecule has 2 amide bonds. The fraction of sp³-hybridized carbons (Fsp3) is 0.263. The van der Waals surface area contributed by atoms with Crippen LogP contribution in [-0.2, 0) is 22.6 Å². The number of benzene rings is 2. The van der Waals surface area contributed by atoms with Crippen LogP contribution in [0.3, 0.4) is 0 Å². The summed E-state index contributed by atoms with van der Waals surface area (Å²) in [5.74, 6) is -0.346. The molecule has 6 heteroatoms. The maximum Gasteiger partial charge on any atom is 0.239 e. The summed E-state index contributed by atoms with van der Waals surface area (Å²) in [7, 11) is 0. The van der Waals surface area contributed by atoms with Gasteiger partial charge in [0.25, 0.3) is 0 Å². The van der Waals surface area contributed by atoms with Crippen LogP contribution in [0, 0.1) is 0 Å². The third-order valence-electron chi connectivity index (χ3n) is 3.78. The SMILES string of the molecule is CC(=O)N(CCc1ccc(Cl)cc1Cl)CC(=O)NCc1ccccc1. The number of nitrogens with one attached hydrogen (secondary N) is 1. The highest BCUT2D eigenvalue weighted by Crippen LogP contribution is 2.21. The van der Waals surface area contributed by atoms with E-state index >= 15 is 0 Å². The Balaban J connectivity index is 1.87. The fourth-order valence-corrected chi connectivity index (χ4v) is 2.86. The molecule has 0 fully saturated rings. The predicted molar refractivity (Wildman–Crippen MR) is 101 cm³/mol. The zero-order chi connectivity index (χ0) is 18.2. The maximum absolute atomic E-state index is 12.1. The predicted octanol–water partition coefficient (Wildman–Crippen LogP) is 3.70. The van der Waals surface area contributed by atoms with E-state index in [1.807, 2.05) is 36.4 Å². The molecule has 0 aromatic heterocycles. The number of amides is 2. The Morgan fingerprint density at radius 3 is 2.44 bits per heavy atom.